The van der Waals surface area contributed by atoms with E-state index in [-0.39, 0.29) is 5.82 Å². The van der Waals surface area contributed by atoms with Crippen molar-refractivity contribution in [1.82, 2.24) is 14.8 Å². The number of rotatable bonds is 3. The average Bonchev–Trinajstić information content (AvgIpc) is 2.76. The van der Waals surface area contributed by atoms with E-state index in [1.807, 2.05) is 6.92 Å². The number of hydrogen-bond acceptors (Lipinski definition) is 3. The molecule has 18 heavy (non-hydrogen) atoms. The Bertz CT molecular complexity index is 612. The third-order valence-corrected chi connectivity index (χ3v) is 3.22. The fourth-order valence-corrected chi connectivity index (χ4v) is 2.09. The minimum Gasteiger partial charge on any atom is -0.475 e. The molecule has 2 rings (SSSR count). The lowest BCUT2D eigenvalue weighted by atomic mass is 10.3. The van der Waals surface area contributed by atoms with E-state index < -0.39 is 5.97 Å². The Balaban J connectivity index is 2.62. The summed E-state index contributed by atoms with van der Waals surface area (Å²) in [6.07, 6.45) is 0.569. The summed E-state index contributed by atoms with van der Waals surface area (Å²) >= 11 is 9.32. The van der Waals surface area contributed by atoms with Gasteiger partial charge in [-0.15, -0.1) is 5.10 Å². The van der Waals surface area contributed by atoms with Gasteiger partial charge in [-0.25, -0.2) is 14.5 Å². The van der Waals surface area contributed by atoms with Crippen molar-refractivity contribution in [1.29, 1.82) is 0 Å². The van der Waals surface area contributed by atoms with Crippen LogP contribution in [0.3, 0.4) is 0 Å². The molecule has 0 radical (unpaired) electrons. The number of benzene rings is 1. The highest BCUT2D eigenvalue weighted by molar-refractivity contribution is 9.10. The Morgan fingerprint density at radius 2 is 2.28 bits per heavy atom. The Morgan fingerprint density at radius 1 is 1.56 bits per heavy atom. The van der Waals surface area contributed by atoms with Gasteiger partial charge in [0.15, 0.2) is 0 Å². The highest BCUT2D eigenvalue weighted by Gasteiger charge is 2.16. The zero-order chi connectivity index (χ0) is 13.3. The smallest absolute Gasteiger partial charge is 0.375 e. The van der Waals surface area contributed by atoms with E-state index in [2.05, 4.69) is 26.0 Å². The molecule has 2 aromatic rings. The number of carbonyl (C=O) groups is 1. The molecule has 1 heterocycles. The van der Waals surface area contributed by atoms with Gasteiger partial charge in [-0.05, 0) is 34.1 Å². The van der Waals surface area contributed by atoms with Gasteiger partial charge in [0.25, 0.3) is 5.82 Å². The van der Waals surface area contributed by atoms with Gasteiger partial charge in [-0.2, -0.15) is 0 Å². The minimum atomic E-state index is -1.15. The van der Waals surface area contributed by atoms with Crippen molar-refractivity contribution in [3.05, 3.63) is 39.3 Å². The molecular formula is C11H9BrClN3O2. The first-order chi connectivity index (χ1) is 8.52. The molecule has 0 unspecified atom stereocenters. The van der Waals surface area contributed by atoms with E-state index in [1.54, 1.807) is 18.2 Å². The predicted octanol–water partition coefficient (Wildman–Crippen LogP) is 2.94. The van der Waals surface area contributed by atoms with Crippen LogP contribution in [0, 0.1) is 0 Å². The van der Waals surface area contributed by atoms with Crippen LogP contribution in [-0.2, 0) is 6.42 Å². The van der Waals surface area contributed by atoms with Gasteiger partial charge >= 0.3 is 5.97 Å². The van der Waals surface area contributed by atoms with Crippen LogP contribution in [0.2, 0.25) is 5.02 Å². The lowest BCUT2D eigenvalue weighted by Crippen LogP contribution is -2.04. The van der Waals surface area contributed by atoms with Crippen LogP contribution in [0.15, 0.2) is 22.7 Å². The Kier molecular flexibility index (Phi) is 3.68. The summed E-state index contributed by atoms with van der Waals surface area (Å²) in [5, 5.41) is 13.4. The van der Waals surface area contributed by atoms with E-state index in [0.717, 1.165) is 4.47 Å². The predicted molar refractivity (Wildman–Crippen MR) is 70.4 cm³/mol. The Morgan fingerprint density at radius 3 is 2.89 bits per heavy atom. The number of halogens is 2. The van der Waals surface area contributed by atoms with Gasteiger partial charge in [0.05, 0.1) is 5.69 Å². The van der Waals surface area contributed by atoms with Crippen molar-refractivity contribution in [3.8, 4) is 5.69 Å². The molecule has 0 fully saturated rings. The molecule has 0 spiro atoms. The number of aryl methyl sites for hydroxylation is 1. The topological polar surface area (TPSA) is 68.0 Å². The van der Waals surface area contributed by atoms with Crippen molar-refractivity contribution in [2.45, 2.75) is 13.3 Å². The third kappa shape index (κ3) is 2.39. The number of aromatic carboxylic acids is 1. The molecule has 7 heteroatoms. The van der Waals surface area contributed by atoms with Crippen molar-refractivity contribution in [2.24, 2.45) is 0 Å². The fourth-order valence-electron chi connectivity index (χ4n) is 1.50. The minimum absolute atomic E-state index is 0.223. The van der Waals surface area contributed by atoms with Gasteiger partial charge in [0, 0.05) is 15.9 Å². The second-order valence-electron chi connectivity index (χ2n) is 3.52. The molecule has 0 aliphatic heterocycles. The maximum atomic E-state index is 10.9. The first kappa shape index (κ1) is 13.0. The molecule has 0 amide bonds. The SMILES string of the molecule is CCc1nc(C(=O)O)nn1-c1cc(Cl)ccc1Br. The van der Waals surface area contributed by atoms with Crippen LogP contribution in [0.4, 0.5) is 0 Å². The van der Waals surface area contributed by atoms with Crippen molar-refractivity contribution in [3.63, 3.8) is 0 Å². The molecule has 0 saturated heterocycles. The normalized spacial score (nSPS) is 10.6. The average molecular weight is 331 g/mol. The van der Waals surface area contributed by atoms with Gasteiger partial charge in [0.2, 0.25) is 0 Å². The summed E-state index contributed by atoms with van der Waals surface area (Å²) in [5.74, 6) is -0.810. The van der Waals surface area contributed by atoms with Gasteiger partial charge in [0.1, 0.15) is 5.82 Å². The highest BCUT2D eigenvalue weighted by Crippen LogP contribution is 2.25. The summed E-state index contributed by atoms with van der Waals surface area (Å²) in [6.45, 7) is 1.88. The molecule has 94 valence electrons. The largest absolute Gasteiger partial charge is 0.475 e. The van der Waals surface area contributed by atoms with Gasteiger partial charge in [-0.1, -0.05) is 18.5 Å². The van der Waals surface area contributed by atoms with E-state index >= 15 is 0 Å². The second-order valence-corrected chi connectivity index (χ2v) is 4.81. The summed E-state index contributed by atoms with van der Waals surface area (Å²) in [7, 11) is 0. The zero-order valence-corrected chi connectivity index (χ0v) is 11.7. The van der Waals surface area contributed by atoms with Crippen LogP contribution < -0.4 is 0 Å². The number of hydrogen-bond donors (Lipinski definition) is 1. The van der Waals surface area contributed by atoms with E-state index in [0.29, 0.717) is 23.0 Å². The third-order valence-electron chi connectivity index (χ3n) is 2.32. The van der Waals surface area contributed by atoms with Gasteiger partial charge in [-0.3, -0.25) is 0 Å². The van der Waals surface area contributed by atoms with Crippen molar-refractivity contribution >= 4 is 33.5 Å². The fraction of sp³-hybridized carbons (Fsp3) is 0.182. The van der Waals surface area contributed by atoms with Crippen LogP contribution in [0.5, 0.6) is 0 Å². The second kappa shape index (κ2) is 5.07. The molecule has 1 aromatic heterocycles. The maximum Gasteiger partial charge on any atom is 0.375 e. The van der Waals surface area contributed by atoms with Crippen molar-refractivity contribution < 1.29 is 9.90 Å². The molecule has 0 aliphatic rings. The molecule has 5 nitrogen and oxygen atoms in total. The standard InChI is InChI=1S/C11H9BrClN3O2/c1-2-9-14-10(11(17)18)15-16(9)8-5-6(13)3-4-7(8)12/h3-5H,2H2,1H3,(H,17,18). The van der Waals surface area contributed by atoms with E-state index in [4.69, 9.17) is 16.7 Å². The molecule has 0 aliphatic carbocycles. The Labute approximate surface area is 117 Å². The maximum absolute atomic E-state index is 10.9. The number of nitrogens with zero attached hydrogens (tertiary/aromatic N) is 3. The van der Waals surface area contributed by atoms with E-state index in [1.165, 1.54) is 4.68 Å². The molecule has 0 atom stereocenters. The summed E-state index contributed by atoms with van der Waals surface area (Å²) < 4.78 is 2.25. The quantitative estimate of drug-likeness (QED) is 0.939. The summed E-state index contributed by atoms with van der Waals surface area (Å²) in [4.78, 5) is 14.9. The highest BCUT2D eigenvalue weighted by atomic mass is 79.9. The van der Waals surface area contributed by atoms with Crippen LogP contribution in [0.1, 0.15) is 23.4 Å². The first-order valence-electron chi connectivity index (χ1n) is 5.17. The first-order valence-corrected chi connectivity index (χ1v) is 6.34. The molecule has 0 bridgehead atoms. The zero-order valence-electron chi connectivity index (χ0n) is 9.39. The van der Waals surface area contributed by atoms with Crippen molar-refractivity contribution in [2.75, 3.05) is 0 Å². The van der Waals surface area contributed by atoms with Gasteiger partial charge < -0.3 is 5.11 Å². The number of carboxylic acids is 1. The van der Waals surface area contributed by atoms with Crippen LogP contribution >= 0.6 is 27.5 Å². The molecule has 1 aromatic carbocycles. The Hall–Kier alpha value is -1.40. The van der Waals surface area contributed by atoms with E-state index in [9.17, 15) is 4.79 Å². The summed E-state index contributed by atoms with van der Waals surface area (Å²) in [6, 6.07) is 5.21. The lowest BCUT2D eigenvalue weighted by Gasteiger charge is -2.07. The van der Waals surface area contributed by atoms with Crippen LogP contribution in [-0.4, -0.2) is 25.8 Å². The number of carboxylic acid groups (broad SMARTS) is 1. The molecule has 0 saturated carbocycles. The molecular weight excluding hydrogens is 321 g/mol. The summed E-state index contributed by atoms with van der Waals surface area (Å²) in [5.41, 5.74) is 0.666. The lowest BCUT2D eigenvalue weighted by molar-refractivity contribution is 0.0683. The number of aromatic nitrogens is 3. The monoisotopic (exact) mass is 329 g/mol. The van der Waals surface area contributed by atoms with Crippen LogP contribution in [0.25, 0.3) is 5.69 Å². The molecule has 1 N–H and O–H groups in total.